The summed E-state index contributed by atoms with van der Waals surface area (Å²) < 4.78 is 11.1. The van der Waals surface area contributed by atoms with Crippen molar-refractivity contribution in [2.45, 2.75) is 31.8 Å². The van der Waals surface area contributed by atoms with E-state index < -0.39 is 5.60 Å². The lowest BCUT2D eigenvalue weighted by Gasteiger charge is -2.35. The molecule has 1 heterocycles. The van der Waals surface area contributed by atoms with Crippen LogP contribution in [-0.2, 0) is 20.7 Å². The van der Waals surface area contributed by atoms with E-state index >= 15 is 0 Å². The molecule has 0 aromatic heterocycles. The molecule has 0 amide bonds. The Morgan fingerprint density at radius 3 is 2.56 bits per heavy atom. The van der Waals surface area contributed by atoms with Crippen LogP contribution >= 0.6 is 0 Å². The van der Waals surface area contributed by atoms with Crippen molar-refractivity contribution in [3.63, 3.8) is 0 Å². The standard InChI is InChI=1S/C15H20O3/c1-2-18-15(8-10-17-11-9-15)14(16)12-13-6-4-3-5-7-13/h3-7H,2,8-12H2,1H3. The molecule has 0 aliphatic carbocycles. The molecule has 3 nitrogen and oxygen atoms in total. The van der Waals surface area contributed by atoms with Gasteiger partial charge in [0.15, 0.2) is 5.78 Å². The summed E-state index contributed by atoms with van der Waals surface area (Å²) in [6.45, 7) is 3.73. The largest absolute Gasteiger partial charge is 0.381 e. The van der Waals surface area contributed by atoms with Gasteiger partial charge in [-0.2, -0.15) is 0 Å². The van der Waals surface area contributed by atoms with Gasteiger partial charge in [-0.15, -0.1) is 0 Å². The van der Waals surface area contributed by atoms with E-state index in [0.29, 0.717) is 39.1 Å². The first kappa shape index (κ1) is 13.2. The lowest BCUT2D eigenvalue weighted by atomic mass is 9.86. The molecule has 0 radical (unpaired) electrons. The van der Waals surface area contributed by atoms with E-state index in [4.69, 9.17) is 9.47 Å². The van der Waals surface area contributed by atoms with Gasteiger partial charge in [0.1, 0.15) is 5.60 Å². The molecule has 3 heteroatoms. The van der Waals surface area contributed by atoms with Crippen LogP contribution < -0.4 is 0 Å². The van der Waals surface area contributed by atoms with Crippen LogP contribution in [0.25, 0.3) is 0 Å². The van der Waals surface area contributed by atoms with Crippen molar-refractivity contribution in [3.05, 3.63) is 35.9 Å². The fourth-order valence-corrected chi connectivity index (χ4v) is 2.42. The second-order valence-electron chi connectivity index (χ2n) is 4.63. The smallest absolute Gasteiger partial charge is 0.169 e. The Kier molecular flexibility index (Phi) is 4.50. The highest BCUT2D eigenvalue weighted by atomic mass is 16.5. The summed E-state index contributed by atoms with van der Waals surface area (Å²) in [5.41, 5.74) is 0.427. The normalized spacial score (nSPS) is 18.5. The van der Waals surface area contributed by atoms with Crippen LogP contribution in [0.2, 0.25) is 0 Å². The van der Waals surface area contributed by atoms with Gasteiger partial charge in [0.05, 0.1) is 0 Å². The summed E-state index contributed by atoms with van der Waals surface area (Å²) in [7, 11) is 0. The molecular formula is C15H20O3. The number of ether oxygens (including phenoxy) is 2. The van der Waals surface area contributed by atoms with E-state index in [-0.39, 0.29) is 5.78 Å². The molecule has 2 rings (SSSR count). The topological polar surface area (TPSA) is 35.5 Å². The summed E-state index contributed by atoms with van der Waals surface area (Å²) in [5.74, 6) is 0.179. The van der Waals surface area contributed by atoms with Gasteiger partial charge in [-0.1, -0.05) is 30.3 Å². The molecule has 0 saturated carbocycles. The summed E-state index contributed by atoms with van der Waals surface area (Å²) in [5, 5.41) is 0. The molecule has 1 aliphatic heterocycles. The van der Waals surface area contributed by atoms with Crippen LogP contribution in [-0.4, -0.2) is 31.2 Å². The van der Waals surface area contributed by atoms with Crippen LogP contribution in [0.3, 0.4) is 0 Å². The molecule has 1 aliphatic rings. The third-order valence-electron chi connectivity index (χ3n) is 3.44. The molecule has 0 bridgehead atoms. The first-order chi connectivity index (χ1) is 8.77. The molecule has 1 aromatic carbocycles. The van der Waals surface area contributed by atoms with Gasteiger partial charge < -0.3 is 9.47 Å². The van der Waals surface area contributed by atoms with Crippen molar-refractivity contribution in [3.8, 4) is 0 Å². The van der Waals surface area contributed by atoms with Gasteiger partial charge in [-0.25, -0.2) is 0 Å². The average molecular weight is 248 g/mol. The van der Waals surface area contributed by atoms with E-state index in [1.54, 1.807) is 0 Å². The van der Waals surface area contributed by atoms with E-state index in [2.05, 4.69) is 0 Å². The predicted molar refractivity (Wildman–Crippen MR) is 69.6 cm³/mol. The maximum absolute atomic E-state index is 12.5. The molecule has 1 saturated heterocycles. The third kappa shape index (κ3) is 2.98. The number of ketones is 1. The van der Waals surface area contributed by atoms with Gasteiger partial charge in [-0.05, 0) is 12.5 Å². The summed E-state index contributed by atoms with van der Waals surface area (Å²) in [6.07, 6.45) is 1.79. The highest BCUT2D eigenvalue weighted by Gasteiger charge is 2.40. The zero-order chi connectivity index (χ0) is 12.8. The first-order valence-electron chi connectivity index (χ1n) is 6.56. The van der Waals surface area contributed by atoms with Crippen LogP contribution in [0.1, 0.15) is 25.3 Å². The molecule has 98 valence electrons. The second-order valence-corrected chi connectivity index (χ2v) is 4.63. The van der Waals surface area contributed by atoms with E-state index in [1.807, 2.05) is 37.3 Å². The van der Waals surface area contributed by atoms with E-state index in [0.717, 1.165) is 5.56 Å². The minimum absolute atomic E-state index is 0.179. The molecule has 0 spiro atoms. The number of carbonyl (C=O) groups excluding carboxylic acids is 1. The van der Waals surface area contributed by atoms with Crippen molar-refractivity contribution < 1.29 is 14.3 Å². The fraction of sp³-hybridized carbons (Fsp3) is 0.533. The maximum atomic E-state index is 12.5. The van der Waals surface area contributed by atoms with Crippen molar-refractivity contribution in [1.29, 1.82) is 0 Å². The van der Waals surface area contributed by atoms with Gasteiger partial charge in [0, 0.05) is 39.1 Å². The molecule has 1 aromatic rings. The van der Waals surface area contributed by atoms with Crippen molar-refractivity contribution in [2.24, 2.45) is 0 Å². The number of Topliss-reactive ketones (excluding diaryl/α,β-unsaturated/α-hetero) is 1. The van der Waals surface area contributed by atoms with Gasteiger partial charge >= 0.3 is 0 Å². The van der Waals surface area contributed by atoms with Crippen molar-refractivity contribution >= 4 is 5.78 Å². The minimum Gasteiger partial charge on any atom is -0.381 e. The number of carbonyl (C=O) groups is 1. The number of hydrogen-bond acceptors (Lipinski definition) is 3. The molecule has 1 fully saturated rings. The van der Waals surface area contributed by atoms with E-state index in [9.17, 15) is 4.79 Å². The monoisotopic (exact) mass is 248 g/mol. The maximum Gasteiger partial charge on any atom is 0.169 e. The van der Waals surface area contributed by atoms with Crippen LogP contribution in [0.4, 0.5) is 0 Å². The van der Waals surface area contributed by atoms with Crippen molar-refractivity contribution in [1.82, 2.24) is 0 Å². The van der Waals surface area contributed by atoms with Crippen LogP contribution in [0.15, 0.2) is 30.3 Å². The third-order valence-corrected chi connectivity index (χ3v) is 3.44. The summed E-state index contributed by atoms with van der Waals surface area (Å²) in [6, 6.07) is 9.84. The minimum atomic E-state index is -0.622. The zero-order valence-electron chi connectivity index (χ0n) is 10.9. The molecule has 18 heavy (non-hydrogen) atoms. The lowest BCUT2D eigenvalue weighted by molar-refractivity contribution is -0.156. The van der Waals surface area contributed by atoms with E-state index in [1.165, 1.54) is 0 Å². The average Bonchev–Trinajstić information content (AvgIpc) is 2.41. The highest BCUT2D eigenvalue weighted by Crippen LogP contribution is 2.27. The Morgan fingerprint density at radius 2 is 1.94 bits per heavy atom. The second kappa shape index (κ2) is 6.12. The SMILES string of the molecule is CCOC1(C(=O)Cc2ccccc2)CCOCC1. The Balaban J connectivity index is 2.08. The molecule has 0 atom stereocenters. The lowest BCUT2D eigenvalue weighted by Crippen LogP contribution is -2.47. The molecule has 0 unspecified atom stereocenters. The number of benzene rings is 1. The Hall–Kier alpha value is -1.19. The number of hydrogen-bond donors (Lipinski definition) is 0. The summed E-state index contributed by atoms with van der Waals surface area (Å²) >= 11 is 0. The van der Waals surface area contributed by atoms with Crippen LogP contribution in [0, 0.1) is 0 Å². The Labute approximate surface area is 108 Å². The Bertz CT molecular complexity index is 374. The van der Waals surface area contributed by atoms with Gasteiger partial charge in [-0.3, -0.25) is 4.79 Å². The summed E-state index contributed by atoms with van der Waals surface area (Å²) in [4.78, 5) is 12.5. The van der Waals surface area contributed by atoms with Gasteiger partial charge in [0.2, 0.25) is 0 Å². The van der Waals surface area contributed by atoms with Crippen molar-refractivity contribution in [2.75, 3.05) is 19.8 Å². The van der Waals surface area contributed by atoms with Gasteiger partial charge in [0.25, 0.3) is 0 Å². The quantitative estimate of drug-likeness (QED) is 0.802. The first-order valence-corrected chi connectivity index (χ1v) is 6.56. The predicted octanol–water partition coefficient (Wildman–Crippen LogP) is 2.38. The molecular weight excluding hydrogens is 228 g/mol. The fourth-order valence-electron chi connectivity index (χ4n) is 2.42. The van der Waals surface area contributed by atoms with Crippen LogP contribution in [0.5, 0.6) is 0 Å². The zero-order valence-corrected chi connectivity index (χ0v) is 10.9. The highest BCUT2D eigenvalue weighted by molar-refractivity contribution is 5.89. The number of rotatable bonds is 5. The molecule has 0 N–H and O–H groups in total. The Morgan fingerprint density at radius 1 is 1.28 bits per heavy atom.